The summed E-state index contributed by atoms with van der Waals surface area (Å²) in [7, 11) is 1.87. The zero-order chi connectivity index (χ0) is 12.6. The van der Waals surface area contributed by atoms with Crippen LogP contribution in [0.4, 0.5) is 0 Å². The van der Waals surface area contributed by atoms with Crippen LogP contribution in [0.3, 0.4) is 0 Å². The summed E-state index contributed by atoms with van der Waals surface area (Å²) in [5.74, 6) is 1.90. The molecule has 2 aliphatic carbocycles. The van der Waals surface area contributed by atoms with E-state index in [1.807, 2.05) is 7.11 Å². The standard InChI is InChI=1S/C15H28N2O/c1-18-14-7-2-3-8-15(14,11-16)17-9-12-5-4-6-13(12)10-17/h12-14H,2-11,16H2,1H3. The molecule has 3 rings (SSSR count). The zero-order valence-electron chi connectivity index (χ0n) is 11.7. The van der Waals surface area contributed by atoms with Gasteiger partial charge in [-0.3, -0.25) is 4.90 Å². The van der Waals surface area contributed by atoms with Gasteiger partial charge in [-0.25, -0.2) is 0 Å². The Labute approximate surface area is 111 Å². The highest BCUT2D eigenvalue weighted by molar-refractivity contribution is 5.05. The van der Waals surface area contributed by atoms with Crippen LogP contribution in [0.2, 0.25) is 0 Å². The number of fused-ring (bicyclic) bond motifs is 1. The molecule has 2 saturated carbocycles. The monoisotopic (exact) mass is 252 g/mol. The van der Waals surface area contributed by atoms with Crippen molar-refractivity contribution in [2.45, 2.75) is 56.6 Å². The van der Waals surface area contributed by atoms with Crippen LogP contribution < -0.4 is 5.73 Å². The van der Waals surface area contributed by atoms with Crippen LogP contribution >= 0.6 is 0 Å². The molecule has 0 aromatic carbocycles. The van der Waals surface area contributed by atoms with Gasteiger partial charge in [0.15, 0.2) is 0 Å². The molecule has 1 aliphatic heterocycles. The Balaban J connectivity index is 1.78. The van der Waals surface area contributed by atoms with Crippen LogP contribution in [0.25, 0.3) is 0 Å². The minimum atomic E-state index is 0.150. The maximum atomic E-state index is 6.21. The van der Waals surface area contributed by atoms with Gasteiger partial charge in [-0.05, 0) is 37.5 Å². The van der Waals surface area contributed by atoms with Crippen molar-refractivity contribution in [1.82, 2.24) is 4.90 Å². The Morgan fingerprint density at radius 1 is 1.11 bits per heavy atom. The summed E-state index contributed by atoms with van der Waals surface area (Å²) >= 11 is 0. The molecule has 0 radical (unpaired) electrons. The molecular weight excluding hydrogens is 224 g/mol. The third-order valence-corrected chi connectivity index (χ3v) is 5.92. The van der Waals surface area contributed by atoms with Crippen LogP contribution in [-0.4, -0.2) is 43.3 Å². The lowest BCUT2D eigenvalue weighted by Gasteiger charge is -2.49. The number of hydrogen-bond donors (Lipinski definition) is 1. The Morgan fingerprint density at radius 2 is 1.83 bits per heavy atom. The molecule has 0 spiro atoms. The van der Waals surface area contributed by atoms with Crippen LogP contribution in [0, 0.1) is 11.8 Å². The molecule has 0 bridgehead atoms. The second kappa shape index (κ2) is 5.10. The minimum absolute atomic E-state index is 0.150. The molecule has 4 atom stereocenters. The molecule has 3 nitrogen and oxygen atoms in total. The summed E-state index contributed by atoms with van der Waals surface area (Å²) in [6, 6.07) is 0. The Morgan fingerprint density at radius 3 is 2.44 bits per heavy atom. The van der Waals surface area contributed by atoms with Gasteiger partial charge < -0.3 is 10.5 Å². The summed E-state index contributed by atoms with van der Waals surface area (Å²) in [5.41, 5.74) is 6.36. The quantitative estimate of drug-likeness (QED) is 0.835. The Bertz CT molecular complexity index is 284. The molecule has 3 heteroatoms. The maximum absolute atomic E-state index is 6.21. The van der Waals surface area contributed by atoms with E-state index in [1.165, 1.54) is 58.0 Å². The van der Waals surface area contributed by atoms with Crippen LogP contribution in [0.15, 0.2) is 0 Å². The molecular formula is C15H28N2O. The zero-order valence-corrected chi connectivity index (χ0v) is 11.7. The number of ether oxygens (including phenoxy) is 1. The molecule has 2 N–H and O–H groups in total. The van der Waals surface area contributed by atoms with E-state index in [0.717, 1.165) is 18.4 Å². The van der Waals surface area contributed by atoms with E-state index in [2.05, 4.69) is 4.90 Å². The fourth-order valence-corrected chi connectivity index (χ4v) is 4.85. The predicted molar refractivity (Wildman–Crippen MR) is 73.5 cm³/mol. The van der Waals surface area contributed by atoms with Gasteiger partial charge in [0.1, 0.15) is 0 Å². The number of likely N-dealkylation sites (tertiary alicyclic amines) is 1. The van der Waals surface area contributed by atoms with E-state index >= 15 is 0 Å². The highest BCUT2D eigenvalue weighted by atomic mass is 16.5. The molecule has 0 aromatic heterocycles. The van der Waals surface area contributed by atoms with E-state index < -0.39 is 0 Å². The summed E-state index contributed by atoms with van der Waals surface area (Å²) in [6.45, 7) is 3.33. The van der Waals surface area contributed by atoms with Crippen molar-refractivity contribution in [3.8, 4) is 0 Å². The predicted octanol–water partition coefficient (Wildman–Crippen LogP) is 2.00. The molecule has 18 heavy (non-hydrogen) atoms. The lowest BCUT2D eigenvalue weighted by atomic mass is 9.77. The van der Waals surface area contributed by atoms with Gasteiger partial charge >= 0.3 is 0 Å². The number of nitrogens with zero attached hydrogens (tertiary/aromatic N) is 1. The molecule has 4 unspecified atom stereocenters. The van der Waals surface area contributed by atoms with E-state index in [9.17, 15) is 0 Å². The molecule has 1 saturated heterocycles. The first-order valence-corrected chi connectivity index (χ1v) is 7.78. The minimum Gasteiger partial charge on any atom is -0.379 e. The second-order valence-corrected chi connectivity index (χ2v) is 6.63. The van der Waals surface area contributed by atoms with Crippen molar-refractivity contribution in [2.24, 2.45) is 17.6 Å². The van der Waals surface area contributed by atoms with Gasteiger partial charge in [0, 0.05) is 26.7 Å². The topological polar surface area (TPSA) is 38.5 Å². The SMILES string of the molecule is COC1CCCCC1(CN)N1CC2CCCC2C1. The van der Waals surface area contributed by atoms with E-state index in [4.69, 9.17) is 10.5 Å². The highest BCUT2D eigenvalue weighted by Gasteiger charge is 2.49. The van der Waals surface area contributed by atoms with Crippen LogP contribution in [-0.2, 0) is 4.74 Å². The van der Waals surface area contributed by atoms with E-state index in [-0.39, 0.29) is 5.54 Å². The number of hydrogen-bond acceptors (Lipinski definition) is 3. The molecule has 0 amide bonds. The van der Waals surface area contributed by atoms with Crippen molar-refractivity contribution in [3.63, 3.8) is 0 Å². The summed E-state index contributed by atoms with van der Waals surface area (Å²) < 4.78 is 5.81. The first kappa shape index (κ1) is 12.9. The summed E-state index contributed by atoms with van der Waals surface area (Å²) in [4.78, 5) is 2.72. The van der Waals surface area contributed by atoms with Crippen molar-refractivity contribution in [1.29, 1.82) is 0 Å². The number of rotatable bonds is 3. The molecule has 0 aromatic rings. The molecule has 104 valence electrons. The molecule has 3 aliphatic rings. The normalized spacial score (nSPS) is 45.3. The summed E-state index contributed by atoms with van der Waals surface area (Å²) in [5, 5.41) is 0. The van der Waals surface area contributed by atoms with Crippen molar-refractivity contribution in [3.05, 3.63) is 0 Å². The van der Waals surface area contributed by atoms with Crippen molar-refractivity contribution >= 4 is 0 Å². The van der Waals surface area contributed by atoms with E-state index in [0.29, 0.717) is 6.10 Å². The number of methoxy groups -OCH3 is 1. The largest absolute Gasteiger partial charge is 0.379 e. The maximum Gasteiger partial charge on any atom is 0.0767 e. The first-order chi connectivity index (χ1) is 8.80. The fourth-order valence-electron chi connectivity index (χ4n) is 4.85. The van der Waals surface area contributed by atoms with Gasteiger partial charge in [0.25, 0.3) is 0 Å². The summed E-state index contributed by atoms with van der Waals surface area (Å²) in [6.07, 6.45) is 9.76. The first-order valence-electron chi connectivity index (χ1n) is 7.78. The molecule has 3 fully saturated rings. The van der Waals surface area contributed by atoms with Gasteiger partial charge in [0.2, 0.25) is 0 Å². The average molecular weight is 252 g/mol. The average Bonchev–Trinajstić information content (AvgIpc) is 2.99. The Hall–Kier alpha value is -0.120. The van der Waals surface area contributed by atoms with Gasteiger partial charge in [-0.15, -0.1) is 0 Å². The van der Waals surface area contributed by atoms with Gasteiger partial charge in [0.05, 0.1) is 11.6 Å². The van der Waals surface area contributed by atoms with Crippen molar-refractivity contribution < 1.29 is 4.74 Å². The van der Waals surface area contributed by atoms with Crippen molar-refractivity contribution in [2.75, 3.05) is 26.7 Å². The third-order valence-electron chi connectivity index (χ3n) is 5.92. The lowest BCUT2D eigenvalue weighted by molar-refractivity contribution is -0.0695. The third kappa shape index (κ3) is 1.91. The molecule has 1 heterocycles. The van der Waals surface area contributed by atoms with Crippen LogP contribution in [0.5, 0.6) is 0 Å². The number of nitrogens with two attached hydrogens (primary N) is 1. The fraction of sp³-hybridized carbons (Fsp3) is 1.00. The second-order valence-electron chi connectivity index (χ2n) is 6.63. The smallest absolute Gasteiger partial charge is 0.0767 e. The lowest BCUT2D eigenvalue weighted by Crippen LogP contribution is -2.62. The Kier molecular flexibility index (Phi) is 3.65. The van der Waals surface area contributed by atoms with E-state index in [1.54, 1.807) is 0 Å². The van der Waals surface area contributed by atoms with Crippen LogP contribution in [0.1, 0.15) is 44.9 Å². The van der Waals surface area contributed by atoms with Gasteiger partial charge in [-0.2, -0.15) is 0 Å². The highest BCUT2D eigenvalue weighted by Crippen LogP contribution is 2.44. The van der Waals surface area contributed by atoms with Gasteiger partial charge in [-0.1, -0.05) is 19.3 Å².